The van der Waals surface area contributed by atoms with E-state index in [1.807, 2.05) is 0 Å². The van der Waals surface area contributed by atoms with Crippen LogP contribution in [0.2, 0.25) is 0 Å². The van der Waals surface area contributed by atoms with Gasteiger partial charge in [-0.05, 0) is 49.0 Å². The van der Waals surface area contributed by atoms with E-state index in [0.29, 0.717) is 17.8 Å². The average molecular weight is 378 g/mol. The van der Waals surface area contributed by atoms with Crippen molar-refractivity contribution in [2.24, 2.45) is 0 Å². The second-order valence-corrected chi connectivity index (χ2v) is 5.81. The van der Waals surface area contributed by atoms with Crippen LogP contribution in [0.3, 0.4) is 0 Å². The molecule has 27 heavy (non-hydrogen) atoms. The molecule has 0 aromatic heterocycles. The van der Waals surface area contributed by atoms with Gasteiger partial charge in [0.15, 0.2) is 0 Å². The highest BCUT2D eigenvalue weighted by Gasteiger charge is 2.10. The Bertz CT molecular complexity index is 764. The largest absolute Gasteiger partial charge is 0.465 e. The number of hydrogen-bond acceptors (Lipinski definition) is 5. The molecule has 0 atom stereocenters. The summed E-state index contributed by atoms with van der Waals surface area (Å²) in [5, 5.41) is 2.74. The summed E-state index contributed by atoms with van der Waals surface area (Å²) >= 11 is 0. The summed E-state index contributed by atoms with van der Waals surface area (Å²) in [4.78, 5) is 25.3. The van der Waals surface area contributed by atoms with Crippen molar-refractivity contribution < 1.29 is 27.8 Å². The predicted molar refractivity (Wildman–Crippen MR) is 95.8 cm³/mol. The summed E-state index contributed by atoms with van der Waals surface area (Å²) in [6, 6.07) is 12.6. The Balaban J connectivity index is 1.83. The van der Waals surface area contributed by atoms with Crippen molar-refractivity contribution in [3.8, 4) is 5.75 Å². The quantitative estimate of drug-likeness (QED) is 0.715. The summed E-state index contributed by atoms with van der Waals surface area (Å²) in [5.41, 5.74) is 1.82. The van der Waals surface area contributed by atoms with Gasteiger partial charge in [-0.25, -0.2) is 4.79 Å². The molecule has 8 heteroatoms. The Morgan fingerprint density at radius 2 is 1.70 bits per heavy atom. The lowest BCUT2D eigenvalue weighted by molar-refractivity contribution is -0.117. The van der Waals surface area contributed by atoms with Gasteiger partial charge >= 0.3 is 12.6 Å². The van der Waals surface area contributed by atoms with E-state index in [2.05, 4.69) is 14.8 Å². The van der Waals surface area contributed by atoms with Gasteiger partial charge in [0.25, 0.3) is 0 Å². The monoisotopic (exact) mass is 378 g/mol. The molecule has 0 aliphatic rings. The van der Waals surface area contributed by atoms with Crippen molar-refractivity contribution in [2.45, 2.75) is 13.2 Å². The summed E-state index contributed by atoms with van der Waals surface area (Å²) in [7, 11) is 3.07. The van der Waals surface area contributed by atoms with E-state index in [9.17, 15) is 18.4 Å². The first kappa shape index (κ1) is 20.3. The number of esters is 1. The first-order valence-corrected chi connectivity index (χ1v) is 8.08. The third-order valence-corrected chi connectivity index (χ3v) is 3.60. The minimum Gasteiger partial charge on any atom is -0.465 e. The van der Waals surface area contributed by atoms with Crippen molar-refractivity contribution in [2.75, 3.05) is 26.0 Å². The number of amides is 1. The zero-order valence-electron chi connectivity index (χ0n) is 14.9. The summed E-state index contributed by atoms with van der Waals surface area (Å²) in [6.07, 6.45) is 0. The molecule has 0 aliphatic heterocycles. The smallest absolute Gasteiger partial charge is 0.387 e. The van der Waals surface area contributed by atoms with Crippen molar-refractivity contribution in [1.82, 2.24) is 4.90 Å². The maximum absolute atomic E-state index is 12.1. The lowest BCUT2D eigenvalue weighted by atomic mass is 10.2. The van der Waals surface area contributed by atoms with Crippen LogP contribution in [0.5, 0.6) is 5.75 Å². The summed E-state index contributed by atoms with van der Waals surface area (Å²) in [6.45, 7) is -2.26. The first-order valence-electron chi connectivity index (χ1n) is 8.08. The number of carbonyl (C=O) groups excluding carboxylic acids is 2. The van der Waals surface area contributed by atoms with Crippen LogP contribution in [0.1, 0.15) is 15.9 Å². The number of methoxy groups -OCH3 is 1. The molecule has 0 bridgehead atoms. The molecule has 0 unspecified atom stereocenters. The molecule has 144 valence electrons. The van der Waals surface area contributed by atoms with Crippen molar-refractivity contribution in [3.05, 3.63) is 59.7 Å². The van der Waals surface area contributed by atoms with E-state index in [4.69, 9.17) is 0 Å². The van der Waals surface area contributed by atoms with Crippen LogP contribution < -0.4 is 10.1 Å². The number of anilines is 1. The second kappa shape index (κ2) is 9.63. The number of alkyl halides is 2. The molecule has 0 fully saturated rings. The Hall–Kier alpha value is -3.00. The Labute approximate surface area is 155 Å². The van der Waals surface area contributed by atoms with E-state index in [1.165, 1.54) is 19.2 Å². The fourth-order valence-electron chi connectivity index (χ4n) is 2.40. The van der Waals surface area contributed by atoms with E-state index in [1.54, 1.807) is 48.3 Å². The number of benzene rings is 2. The van der Waals surface area contributed by atoms with Crippen LogP contribution >= 0.6 is 0 Å². The molecule has 0 aliphatic carbocycles. The normalized spacial score (nSPS) is 10.7. The fourth-order valence-corrected chi connectivity index (χ4v) is 2.40. The molecule has 2 aromatic carbocycles. The molecule has 0 saturated carbocycles. The molecule has 2 rings (SSSR count). The van der Waals surface area contributed by atoms with Crippen LogP contribution in [0, 0.1) is 0 Å². The van der Waals surface area contributed by atoms with E-state index < -0.39 is 12.6 Å². The highest BCUT2D eigenvalue weighted by molar-refractivity contribution is 5.93. The van der Waals surface area contributed by atoms with Gasteiger partial charge in [0.05, 0.1) is 19.2 Å². The number of ether oxygens (including phenoxy) is 2. The summed E-state index contributed by atoms with van der Waals surface area (Å²) in [5.74, 6) is -0.580. The number of nitrogens with zero attached hydrogens (tertiary/aromatic N) is 1. The number of carbonyl (C=O) groups is 2. The average Bonchev–Trinajstić information content (AvgIpc) is 2.62. The molecule has 0 radical (unpaired) electrons. The van der Waals surface area contributed by atoms with Gasteiger partial charge in [0.2, 0.25) is 5.91 Å². The number of nitrogens with one attached hydrogen (secondary N) is 1. The molecule has 6 nitrogen and oxygen atoms in total. The molecule has 2 aromatic rings. The zero-order chi connectivity index (χ0) is 19.8. The van der Waals surface area contributed by atoms with Crippen molar-refractivity contribution in [1.29, 1.82) is 0 Å². The first-order chi connectivity index (χ1) is 12.9. The van der Waals surface area contributed by atoms with Crippen molar-refractivity contribution >= 4 is 17.6 Å². The number of rotatable bonds is 8. The lowest BCUT2D eigenvalue weighted by Gasteiger charge is -2.16. The SMILES string of the molecule is COC(=O)c1ccc(NC(=O)CN(C)Cc2ccc(OC(F)F)cc2)cc1. The highest BCUT2D eigenvalue weighted by atomic mass is 19.3. The van der Waals surface area contributed by atoms with Gasteiger partial charge in [-0.15, -0.1) is 0 Å². The van der Waals surface area contributed by atoms with Gasteiger partial charge < -0.3 is 14.8 Å². The maximum atomic E-state index is 12.1. The zero-order valence-corrected chi connectivity index (χ0v) is 14.9. The standard InChI is InChI=1S/C19H20F2N2O4/c1-23(11-13-3-9-16(10-4-13)27-19(20)21)12-17(24)22-15-7-5-14(6-8-15)18(25)26-2/h3-10,19H,11-12H2,1-2H3,(H,22,24). The highest BCUT2D eigenvalue weighted by Crippen LogP contribution is 2.16. The molecule has 1 amide bonds. The van der Waals surface area contributed by atoms with Gasteiger partial charge in [-0.3, -0.25) is 9.69 Å². The van der Waals surface area contributed by atoms with Crippen LogP contribution in [0.25, 0.3) is 0 Å². The Morgan fingerprint density at radius 3 is 2.26 bits per heavy atom. The van der Waals surface area contributed by atoms with Crippen LogP contribution in [0.15, 0.2) is 48.5 Å². The van der Waals surface area contributed by atoms with Gasteiger partial charge in [-0.2, -0.15) is 8.78 Å². The predicted octanol–water partition coefficient (Wildman–Crippen LogP) is 3.15. The number of halogens is 2. The molecule has 0 saturated heterocycles. The second-order valence-electron chi connectivity index (χ2n) is 5.81. The van der Waals surface area contributed by atoms with Gasteiger partial charge in [-0.1, -0.05) is 12.1 Å². The van der Waals surface area contributed by atoms with Crippen LogP contribution in [0.4, 0.5) is 14.5 Å². The minimum absolute atomic E-state index is 0.0875. The van der Waals surface area contributed by atoms with Gasteiger partial charge in [0.1, 0.15) is 5.75 Å². The van der Waals surface area contributed by atoms with E-state index in [-0.39, 0.29) is 18.2 Å². The minimum atomic E-state index is -2.86. The Morgan fingerprint density at radius 1 is 1.07 bits per heavy atom. The molecule has 0 heterocycles. The molecule has 1 N–H and O–H groups in total. The topological polar surface area (TPSA) is 67.9 Å². The third kappa shape index (κ3) is 6.67. The van der Waals surface area contributed by atoms with E-state index in [0.717, 1.165) is 5.56 Å². The van der Waals surface area contributed by atoms with Gasteiger partial charge in [0, 0.05) is 12.2 Å². The number of hydrogen-bond donors (Lipinski definition) is 1. The number of likely N-dealkylation sites (N-methyl/N-ethyl adjacent to an activating group) is 1. The maximum Gasteiger partial charge on any atom is 0.387 e. The fraction of sp³-hybridized carbons (Fsp3) is 0.263. The summed E-state index contributed by atoms with van der Waals surface area (Å²) < 4.78 is 33.2. The molecular formula is C19H20F2N2O4. The van der Waals surface area contributed by atoms with Crippen LogP contribution in [-0.2, 0) is 16.1 Å². The van der Waals surface area contributed by atoms with Crippen molar-refractivity contribution in [3.63, 3.8) is 0 Å². The lowest BCUT2D eigenvalue weighted by Crippen LogP contribution is -2.29. The Kier molecular flexibility index (Phi) is 7.25. The molecule has 0 spiro atoms. The van der Waals surface area contributed by atoms with Crippen LogP contribution in [-0.4, -0.2) is 44.1 Å². The van der Waals surface area contributed by atoms with E-state index >= 15 is 0 Å². The molecular weight excluding hydrogens is 358 g/mol. The third-order valence-electron chi connectivity index (χ3n) is 3.60.